The Hall–Kier alpha value is -1.71. The second-order valence-corrected chi connectivity index (χ2v) is 6.64. The average molecular weight is 371 g/mol. The van der Waals surface area contributed by atoms with Crippen LogP contribution in [-0.2, 0) is 21.5 Å². The first-order chi connectivity index (χ1) is 11.3. The maximum atomic E-state index is 12.2. The fourth-order valence-electron chi connectivity index (χ4n) is 2.51. The van der Waals surface area contributed by atoms with Gasteiger partial charge in [-0.2, -0.15) is 8.42 Å². The number of anilines is 1. The van der Waals surface area contributed by atoms with E-state index in [4.69, 9.17) is 9.29 Å². The van der Waals surface area contributed by atoms with Gasteiger partial charge in [-0.05, 0) is 35.9 Å². The van der Waals surface area contributed by atoms with Crippen molar-refractivity contribution in [1.82, 2.24) is 0 Å². The van der Waals surface area contributed by atoms with Crippen LogP contribution in [0.2, 0.25) is 0 Å². The van der Waals surface area contributed by atoms with Crippen LogP contribution < -0.4 is 9.64 Å². The molecule has 126 valence electrons. The molecule has 2 aromatic rings. The van der Waals surface area contributed by atoms with Gasteiger partial charge in [-0.15, -0.1) is 0 Å². The van der Waals surface area contributed by atoms with Gasteiger partial charge >= 0.3 is 29.6 Å². The molecule has 0 atom stereocenters. The zero-order valence-electron chi connectivity index (χ0n) is 12.6. The molecule has 0 saturated heterocycles. The van der Waals surface area contributed by atoms with Crippen molar-refractivity contribution in [3.05, 3.63) is 53.6 Å². The van der Waals surface area contributed by atoms with Gasteiger partial charge < -0.3 is 9.64 Å². The third-order valence-electron chi connectivity index (χ3n) is 3.74. The number of carbonyl (C=O) groups excluding carboxylic acids is 2. The number of ketones is 1. The Balaban J connectivity index is 0.00000225. The summed E-state index contributed by atoms with van der Waals surface area (Å²) in [5.41, 5.74) is 1.06. The first-order valence-corrected chi connectivity index (χ1v) is 8.36. The van der Waals surface area contributed by atoms with Gasteiger partial charge in [0.05, 0.1) is 29.8 Å². The van der Waals surface area contributed by atoms with E-state index in [1.165, 1.54) is 11.0 Å². The van der Waals surface area contributed by atoms with Crippen molar-refractivity contribution < 1.29 is 27.3 Å². The number of methoxy groups -OCH3 is 1. The molecule has 25 heavy (non-hydrogen) atoms. The van der Waals surface area contributed by atoms with Crippen molar-refractivity contribution in [1.29, 1.82) is 0 Å². The minimum absolute atomic E-state index is 0. The summed E-state index contributed by atoms with van der Waals surface area (Å²) < 4.78 is 36.5. The number of nitrogens with zero attached hydrogens (tertiary/aromatic N) is 1. The van der Waals surface area contributed by atoms with E-state index in [1.54, 1.807) is 31.4 Å². The minimum atomic E-state index is -4.45. The van der Waals surface area contributed by atoms with Crippen molar-refractivity contribution in [2.24, 2.45) is 0 Å². The molecule has 0 aliphatic carbocycles. The molecule has 0 radical (unpaired) electrons. The Bertz CT molecular complexity index is 940. The van der Waals surface area contributed by atoms with Gasteiger partial charge in [0.25, 0.3) is 21.8 Å². The molecular formula is C16H14NNaO6S. The van der Waals surface area contributed by atoms with E-state index in [0.717, 1.165) is 17.7 Å². The number of hydrogen-bond acceptors (Lipinski definition) is 5. The number of ether oxygens (including phenoxy) is 1. The molecule has 1 amide bonds. The molecule has 1 heterocycles. The van der Waals surface area contributed by atoms with Crippen LogP contribution in [0.4, 0.5) is 5.69 Å². The average Bonchev–Trinajstić information content (AvgIpc) is 2.79. The van der Waals surface area contributed by atoms with Crippen molar-refractivity contribution >= 4 is 57.1 Å². The molecule has 0 saturated carbocycles. The molecular weight excluding hydrogens is 357 g/mol. The summed E-state index contributed by atoms with van der Waals surface area (Å²) in [5.74, 6) is -0.877. The van der Waals surface area contributed by atoms with E-state index in [1.807, 2.05) is 0 Å². The zero-order valence-corrected chi connectivity index (χ0v) is 13.4. The van der Waals surface area contributed by atoms with E-state index in [2.05, 4.69) is 0 Å². The third-order valence-corrected chi connectivity index (χ3v) is 4.59. The van der Waals surface area contributed by atoms with Gasteiger partial charge in [-0.25, -0.2) is 0 Å². The van der Waals surface area contributed by atoms with Crippen molar-refractivity contribution in [2.75, 3.05) is 12.0 Å². The number of carbonyl (C=O) groups is 2. The molecule has 9 heteroatoms. The molecule has 0 spiro atoms. The fraction of sp³-hybridized carbons (Fsp3) is 0.125. The molecule has 3 rings (SSSR count). The molecule has 1 aliphatic heterocycles. The Kier molecular flexibility index (Phi) is 5.70. The Morgan fingerprint density at radius 1 is 1.08 bits per heavy atom. The monoisotopic (exact) mass is 371 g/mol. The van der Waals surface area contributed by atoms with Gasteiger partial charge in [-0.1, -0.05) is 12.1 Å². The summed E-state index contributed by atoms with van der Waals surface area (Å²) >= 11 is 0. The van der Waals surface area contributed by atoms with Crippen LogP contribution in [0.3, 0.4) is 0 Å². The number of rotatable bonds is 4. The van der Waals surface area contributed by atoms with E-state index in [-0.39, 0.29) is 41.7 Å². The van der Waals surface area contributed by atoms with Crippen LogP contribution in [0.25, 0.3) is 0 Å². The van der Waals surface area contributed by atoms with E-state index in [9.17, 15) is 18.0 Å². The molecule has 0 unspecified atom stereocenters. The van der Waals surface area contributed by atoms with E-state index < -0.39 is 26.7 Å². The number of hydrogen-bond donors (Lipinski definition) is 1. The zero-order chi connectivity index (χ0) is 17.5. The maximum absolute atomic E-state index is 12.2. The first-order valence-electron chi connectivity index (χ1n) is 6.92. The van der Waals surface area contributed by atoms with Crippen LogP contribution in [-0.4, -0.2) is 61.3 Å². The molecule has 0 aromatic heterocycles. The van der Waals surface area contributed by atoms with E-state index >= 15 is 0 Å². The number of benzene rings is 2. The van der Waals surface area contributed by atoms with Crippen LogP contribution in [0.15, 0.2) is 47.4 Å². The number of Topliss-reactive ketones (excluding diaryl/α,β-unsaturated/α-hetero) is 1. The quantitative estimate of drug-likeness (QED) is 0.489. The summed E-state index contributed by atoms with van der Waals surface area (Å²) in [6.45, 7) is 0.160. The second kappa shape index (κ2) is 7.27. The summed E-state index contributed by atoms with van der Waals surface area (Å²) in [6.07, 6.45) is 0. The normalized spacial score (nSPS) is 13.4. The molecule has 2 aromatic carbocycles. The SMILES string of the molecule is COc1ccc(CN2C(=O)C(=O)c3cc(S(=O)(=O)O)ccc32)cc1.[NaH]. The Morgan fingerprint density at radius 2 is 1.72 bits per heavy atom. The van der Waals surface area contributed by atoms with Crippen LogP contribution >= 0.6 is 0 Å². The number of amides is 1. The second-order valence-electron chi connectivity index (χ2n) is 5.22. The predicted octanol–water partition coefficient (Wildman–Crippen LogP) is 1.02. The van der Waals surface area contributed by atoms with Gasteiger partial charge in [0, 0.05) is 0 Å². The molecule has 0 bridgehead atoms. The van der Waals surface area contributed by atoms with Gasteiger partial charge in [0.1, 0.15) is 5.75 Å². The number of fused-ring (bicyclic) bond motifs is 1. The van der Waals surface area contributed by atoms with Gasteiger partial charge in [-0.3, -0.25) is 14.1 Å². The standard InChI is InChI=1S/C16H13NO6S.Na.H/c1-23-11-4-2-10(3-5-11)9-17-14-7-6-12(24(20,21)22)8-13(14)15(18)16(17)19;;/h2-8H,9H2,1H3,(H,20,21,22);;. The topological polar surface area (TPSA) is 101 Å². The Morgan fingerprint density at radius 3 is 2.28 bits per heavy atom. The summed E-state index contributed by atoms with van der Waals surface area (Å²) in [4.78, 5) is 25.1. The predicted molar refractivity (Wildman–Crippen MR) is 91.9 cm³/mol. The van der Waals surface area contributed by atoms with Crippen LogP contribution in [0.5, 0.6) is 5.75 Å². The molecule has 1 aliphatic rings. The van der Waals surface area contributed by atoms with Gasteiger partial charge in [0.15, 0.2) is 0 Å². The Labute approximate surface area is 166 Å². The fourth-order valence-corrected chi connectivity index (χ4v) is 3.02. The van der Waals surface area contributed by atoms with Crippen LogP contribution in [0.1, 0.15) is 15.9 Å². The van der Waals surface area contributed by atoms with Gasteiger partial charge in [0.2, 0.25) is 0 Å². The molecule has 0 fully saturated rings. The summed E-state index contributed by atoms with van der Waals surface area (Å²) in [6, 6.07) is 10.5. The van der Waals surface area contributed by atoms with E-state index in [0.29, 0.717) is 11.4 Å². The summed E-state index contributed by atoms with van der Waals surface area (Å²) in [7, 11) is -2.90. The van der Waals surface area contributed by atoms with Crippen LogP contribution in [0, 0.1) is 0 Å². The van der Waals surface area contributed by atoms with Crippen molar-refractivity contribution in [2.45, 2.75) is 11.4 Å². The third kappa shape index (κ3) is 3.78. The van der Waals surface area contributed by atoms with Crippen molar-refractivity contribution in [3.63, 3.8) is 0 Å². The van der Waals surface area contributed by atoms with Crippen molar-refractivity contribution in [3.8, 4) is 5.75 Å². The molecule has 7 nitrogen and oxygen atoms in total. The first kappa shape index (κ1) is 19.6. The molecule has 1 N–H and O–H groups in total. The summed E-state index contributed by atoms with van der Waals surface area (Å²) in [5, 5.41) is 0.